The number of thiazole rings is 1. The van der Waals surface area contributed by atoms with Crippen molar-refractivity contribution in [2.75, 3.05) is 5.32 Å². The molecule has 0 aromatic carbocycles. The second-order valence-corrected chi connectivity index (χ2v) is 2.64. The highest BCUT2D eigenvalue weighted by Gasteiger charge is 1.89. The van der Waals surface area contributed by atoms with Gasteiger partial charge in [0.1, 0.15) is 0 Å². The number of rotatable bonds is 2. The van der Waals surface area contributed by atoms with Crippen LogP contribution in [0.1, 0.15) is 6.92 Å². The van der Waals surface area contributed by atoms with Crippen LogP contribution >= 0.6 is 11.3 Å². The normalized spacial score (nSPS) is 9.00. The van der Waals surface area contributed by atoms with Gasteiger partial charge in [-0.2, -0.15) is 0 Å². The molecule has 0 radical (unpaired) electrons. The van der Waals surface area contributed by atoms with Crippen molar-refractivity contribution in [3.8, 4) is 0 Å². The monoisotopic (exact) mass is 140 g/mol. The van der Waals surface area contributed by atoms with E-state index in [4.69, 9.17) is 0 Å². The predicted octanol–water partition coefficient (Wildman–Crippen LogP) is 2.09. The molecule has 0 saturated heterocycles. The molecule has 0 aliphatic rings. The number of allylic oxidation sites excluding steroid dienone is 1. The van der Waals surface area contributed by atoms with E-state index in [9.17, 15) is 0 Å². The molecule has 0 atom stereocenters. The SMILES string of the molecule is C=C(C)Nc1nccs1. The lowest BCUT2D eigenvalue weighted by molar-refractivity contribution is 1.33. The Bertz CT molecular complexity index is 191. The summed E-state index contributed by atoms with van der Waals surface area (Å²) in [5, 5.41) is 5.82. The zero-order chi connectivity index (χ0) is 6.69. The average Bonchev–Trinajstić information content (AvgIpc) is 2.15. The van der Waals surface area contributed by atoms with Crippen LogP contribution in [0, 0.1) is 0 Å². The fourth-order valence-corrected chi connectivity index (χ4v) is 1.07. The molecule has 2 nitrogen and oxygen atoms in total. The topological polar surface area (TPSA) is 24.9 Å². The van der Waals surface area contributed by atoms with E-state index >= 15 is 0 Å². The van der Waals surface area contributed by atoms with E-state index in [1.54, 1.807) is 17.5 Å². The summed E-state index contributed by atoms with van der Waals surface area (Å²) in [6, 6.07) is 0. The highest BCUT2D eigenvalue weighted by molar-refractivity contribution is 7.13. The number of anilines is 1. The Balaban J connectivity index is 2.58. The molecule has 1 rings (SSSR count). The van der Waals surface area contributed by atoms with Crippen LogP contribution in [0.5, 0.6) is 0 Å². The molecule has 0 bridgehead atoms. The number of nitrogens with one attached hydrogen (secondary N) is 1. The molecule has 0 spiro atoms. The van der Waals surface area contributed by atoms with Gasteiger partial charge in [0.05, 0.1) is 0 Å². The van der Waals surface area contributed by atoms with E-state index in [0.717, 1.165) is 10.8 Å². The third kappa shape index (κ3) is 1.85. The van der Waals surface area contributed by atoms with Crippen LogP contribution in [0.2, 0.25) is 0 Å². The highest BCUT2D eigenvalue weighted by atomic mass is 32.1. The van der Waals surface area contributed by atoms with Crippen molar-refractivity contribution >= 4 is 16.5 Å². The van der Waals surface area contributed by atoms with Crippen LogP contribution in [0.15, 0.2) is 23.9 Å². The standard InChI is InChI=1S/C6H8N2S/c1-5(2)8-6-7-3-4-9-6/h3-4H,1H2,2H3,(H,7,8). The fraction of sp³-hybridized carbons (Fsp3) is 0.167. The molecule has 0 fully saturated rings. The second-order valence-electron chi connectivity index (χ2n) is 1.74. The van der Waals surface area contributed by atoms with E-state index in [0.29, 0.717) is 0 Å². The fourth-order valence-electron chi connectivity index (χ4n) is 0.468. The first-order valence-corrected chi connectivity index (χ1v) is 3.49. The minimum atomic E-state index is 0.905. The quantitative estimate of drug-likeness (QED) is 0.680. The van der Waals surface area contributed by atoms with E-state index < -0.39 is 0 Å². The van der Waals surface area contributed by atoms with Crippen LogP contribution in [0.25, 0.3) is 0 Å². The summed E-state index contributed by atoms with van der Waals surface area (Å²) in [6.45, 7) is 5.59. The average molecular weight is 140 g/mol. The Labute approximate surface area is 58.2 Å². The van der Waals surface area contributed by atoms with Gasteiger partial charge in [-0.25, -0.2) is 4.98 Å². The summed E-state index contributed by atoms with van der Waals surface area (Å²) in [5.41, 5.74) is 0.921. The maximum Gasteiger partial charge on any atom is 0.186 e. The van der Waals surface area contributed by atoms with Crippen molar-refractivity contribution in [1.29, 1.82) is 0 Å². The van der Waals surface area contributed by atoms with Gasteiger partial charge >= 0.3 is 0 Å². The summed E-state index contributed by atoms with van der Waals surface area (Å²) in [4.78, 5) is 4.00. The van der Waals surface area contributed by atoms with Gasteiger partial charge in [0, 0.05) is 17.3 Å². The maximum atomic E-state index is 4.00. The molecule has 0 saturated carbocycles. The lowest BCUT2D eigenvalue weighted by Crippen LogP contribution is -1.90. The van der Waals surface area contributed by atoms with Crippen LogP contribution < -0.4 is 5.32 Å². The summed E-state index contributed by atoms with van der Waals surface area (Å²) >= 11 is 1.57. The molecule has 1 aromatic heterocycles. The van der Waals surface area contributed by atoms with Gasteiger partial charge in [-0.3, -0.25) is 0 Å². The van der Waals surface area contributed by atoms with Gasteiger partial charge in [-0.1, -0.05) is 6.58 Å². The van der Waals surface area contributed by atoms with Crippen LogP contribution in [-0.4, -0.2) is 4.98 Å². The number of hydrogen-bond acceptors (Lipinski definition) is 3. The largest absolute Gasteiger partial charge is 0.336 e. The molecule has 0 aliphatic heterocycles. The number of hydrogen-bond donors (Lipinski definition) is 1. The Morgan fingerprint density at radius 1 is 1.89 bits per heavy atom. The van der Waals surface area contributed by atoms with Crippen LogP contribution in [0.4, 0.5) is 5.13 Å². The first-order valence-electron chi connectivity index (χ1n) is 2.61. The van der Waals surface area contributed by atoms with Crippen LogP contribution in [-0.2, 0) is 0 Å². The Morgan fingerprint density at radius 2 is 2.67 bits per heavy atom. The molecule has 3 heteroatoms. The van der Waals surface area contributed by atoms with Gasteiger partial charge in [0.2, 0.25) is 0 Å². The van der Waals surface area contributed by atoms with Gasteiger partial charge in [-0.15, -0.1) is 11.3 Å². The molecule has 1 heterocycles. The molecule has 9 heavy (non-hydrogen) atoms. The molecule has 48 valence electrons. The lowest BCUT2D eigenvalue weighted by atomic mass is 10.6. The number of aromatic nitrogens is 1. The Kier molecular flexibility index (Phi) is 1.85. The van der Waals surface area contributed by atoms with E-state index in [1.165, 1.54) is 0 Å². The summed E-state index contributed by atoms with van der Waals surface area (Å²) < 4.78 is 0. The van der Waals surface area contributed by atoms with Gasteiger partial charge in [-0.05, 0) is 6.92 Å². The van der Waals surface area contributed by atoms with Crippen molar-refractivity contribution in [2.45, 2.75) is 6.92 Å². The zero-order valence-electron chi connectivity index (χ0n) is 5.22. The highest BCUT2D eigenvalue weighted by Crippen LogP contribution is 2.11. The maximum absolute atomic E-state index is 4.00. The summed E-state index contributed by atoms with van der Waals surface area (Å²) in [6.07, 6.45) is 1.76. The minimum Gasteiger partial charge on any atom is -0.336 e. The summed E-state index contributed by atoms with van der Waals surface area (Å²) in [7, 11) is 0. The second kappa shape index (κ2) is 2.64. The Morgan fingerprint density at radius 3 is 3.11 bits per heavy atom. The van der Waals surface area contributed by atoms with Crippen molar-refractivity contribution in [2.24, 2.45) is 0 Å². The van der Waals surface area contributed by atoms with E-state index in [1.807, 2.05) is 12.3 Å². The first-order chi connectivity index (χ1) is 4.29. The molecule has 0 aliphatic carbocycles. The third-order valence-corrected chi connectivity index (χ3v) is 1.44. The minimum absolute atomic E-state index is 0.905. The van der Waals surface area contributed by atoms with E-state index in [2.05, 4.69) is 16.9 Å². The molecular weight excluding hydrogens is 132 g/mol. The third-order valence-electron chi connectivity index (χ3n) is 0.753. The predicted molar refractivity (Wildman–Crippen MR) is 40.6 cm³/mol. The summed E-state index contributed by atoms with van der Waals surface area (Å²) in [5.74, 6) is 0. The van der Waals surface area contributed by atoms with Gasteiger partial charge in [0.15, 0.2) is 5.13 Å². The van der Waals surface area contributed by atoms with Crippen molar-refractivity contribution < 1.29 is 0 Å². The van der Waals surface area contributed by atoms with Crippen LogP contribution in [0.3, 0.4) is 0 Å². The van der Waals surface area contributed by atoms with Gasteiger partial charge < -0.3 is 5.32 Å². The molecule has 1 N–H and O–H groups in total. The Hall–Kier alpha value is -0.830. The lowest BCUT2D eigenvalue weighted by Gasteiger charge is -1.96. The first kappa shape index (κ1) is 6.29. The van der Waals surface area contributed by atoms with Crippen molar-refractivity contribution in [3.05, 3.63) is 23.9 Å². The number of nitrogens with zero attached hydrogens (tertiary/aromatic N) is 1. The van der Waals surface area contributed by atoms with Crippen molar-refractivity contribution in [1.82, 2.24) is 4.98 Å². The zero-order valence-corrected chi connectivity index (χ0v) is 6.03. The molecule has 0 amide bonds. The smallest absolute Gasteiger partial charge is 0.186 e. The molecule has 0 unspecified atom stereocenters. The van der Waals surface area contributed by atoms with Gasteiger partial charge in [0.25, 0.3) is 0 Å². The molecular formula is C6H8N2S. The molecule has 1 aromatic rings. The van der Waals surface area contributed by atoms with Crippen molar-refractivity contribution in [3.63, 3.8) is 0 Å². The van der Waals surface area contributed by atoms with E-state index in [-0.39, 0.29) is 0 Å².